The summed E-state index contributed by atoms with van der Waals surface area (Å²) in [6.07, 6.45) is 1.29. The third-order valence-corrected chi connectivity index (χ3v) is 3.72. The van der Waals surface area contributed by atoms with Crippen LogP contribution < -0.4 is 10.6 Å². The van der Waals surface area contributed by atoms with Gasteiger partial charge >= 0.3 is 0 Å². The van der Waals surface area contributed by atoms with Gasteiger partial charge in [0, 0.05) is 6.54 Å². The summed E-state index contributed by atoms with van der Waals surface area (Å²) in [5.41, 5.74) is 0. The maximum atomic E-state index is 11.7. The van der Waals surface area contributed by atoms with Gasteiger partial charge in [-0.25, -0.2) is 0 Å². The molecule has 3 N–H and O–H groups in total. The van der Waals surface area contributed by atoms with E-state index in [4.69, 9.17) is 0 Å². The van der Waals surface area contributed by atoms with E-state index in [2.05, 4.69) is 26.6 Å². The normalized spacial score (nSPS) is 29.5. The molecular weight excluding hydrogens is 288 g/mol. The SMILES string of the molecule is CC.O=C1NCCC(O)C1C(=O)NC1(Br)CC1. The minimum Gasteiger partial charge on any atom is -0.392 e. The van der Waals surface area contributed by atoms with E-state index >= 15 is 0 Å². The molecule has 17 heavy (non-hydrogen) atoms. The first-order valence-corrected chi connectivity index (χ1v) is 6.78. The van der Waals surface area contributed by atoms with Gasteiger partial charge in [0.15, 0.2) is 0 Å². The number of nitrogens with one attached hydrogen (secondary N) is 2. The Hall–Kier alpha value is -0.620. The number of carbonyl (C=O) groups excluding carboxylic acids is 2. The molecule has 1 heterocycles. The molecule has 6 heteroatoms. The van der Waals surface area contributed by atoms with Gasteiger partial charge in [0.1, 0.15) is 5.92 Å². The van der Waals surface area contributed by atoms with Crippen LogP contribution in [0.2, 0.25) is 0 Å². The van der Waals surface area contributed by atoms with Crippen molar-refractivity contribution in [2.45, 2.75) is 43.7 Å². The molecule has 1 aliphatic carbocycles. The minimum atomic E-state index is -0.964. The highest BCUT2D eigenvalue weighted by molar-refractivity contribution is 9.10. The van der Waals surface area contributed by atoms with Gasteiger partial charge in [0.05, 0.1) is 10.6 Å². The molecule has 2 aliphatic rings. The molecular formula is C11H19BrN2O3. The number of aliphatic hydroxyl groups excluding tert-OH is 1. The van der Waals surface area contributed by atoms with Gasteiger partial charge in [0.25, 0.3) is 0 Å². The van der Waals surface area contributed by atoms with Crippen LogP contribution in [0.5, 0.6) is 0 Å². The summed E-state index contributed by atoms with van der Waals surface area (Å²) >= 11 is 3.35. The second kappa shape index (κ2) is 5.82. The lowest BCUT2D eigenvalue weighted by Gasteiger charge is -2.27. The first-order valence-electron chi connectivity index (χ1n) is 5.99. The molecule has 0 bridgehead atoms. The van der Waals surface area contributed by atoms with Gasteiger partial charge in [-0.3, -0.25) is 9.59 Å². The third-order valence-electron chi connectivity index (χ3n) is 2.73. The number of alkyl halides is 1. The Kier molecular flexibility index (Phi) is 4.94. The Morgan fingerprint density at radius 2 is 2.12 bits per heavy atom. The summed E-state index contributed by atoms with van der Waals surface area (Å²) in [5, 5.41) is 14.9. The molecule has 1 saturated carbocycles. The number of aliphatic hydroxyl groups is 1. The highest BCUT2D eigenvalue weighted by Gasteiger charge is 2.45. The van der Waals surface area contributed by atoms with Crippen LogP contribution in [-0.4, -0.2) is 34.0 Å². The average molecular weight is 307 g/mol. The number of hydrogen-bond donors (Lipinski definition) is 3. The molecule has 0 aromatic rings. The zero-order chi connectivity index (χ0) is 13.1. The van der Waals surface area contributed by atoms with Gasteiger partial charge in [-0.2, -0.15) is 0 Å². The molecule has 98 valence electrons. The van der Waals surface area contributed by atoms with Crippen molar-refractivity contribution in [3.63, 3.8) is 0 Å². The van der Waals surface area contributed by atoms with Crippen LogP contribution in [0.4, 0.5) is 0 Å². The number of rotatable bonds is 2. The molecule has 1 saturated heterocycles. The fourth-order valence-corrected chi connectivity index (χ4v) is 2.02. The molecule has 0 aromatic carbocycles. The first-order chi connectivity index (χ1) is 8.02. The van der Waals surface area contributed by atoms with Crippen LogP contribution in [-0.2, 0) is 9.59 Å². The third kappa shape index (κ3) is 3.67. The van der Waals surface area contributed by atoms with Gasteiger partial charge < -0.3 is 15.7 Å². The lowest BCUT2D eigenvalue weighted by atomic mass is 9.94. The Bertz CT molecular complexity index is 305. The average Bonchev–Trinajstić information content (AvgIpc) is 2.98. The van der Waals surface area contributed by atoms with Crippen molar-refractivity contribution in [1.82, 2.24) is 10.6 Å². The van der Waals surface area contributed by atoms with E-state index in [1.807, 2.05) is 13.8 Å². The molecule has 2 atom stereocenters. The number of amides is 2. The van der Waals surface area contributed by atoms with Crippen molar-refractivity contribution in [3.05, 3.63) is 0 Å². The summed E-state index contributed by atoms with van der Waals surface area (Å²) in [4.78, 5) is 23.1. The van der Waals surface area contributed by atoms with Crippen molar-refractivity contribution in [2.75, 3.05) is 6.54 Å². The molecule has 0 aromatic heterocycles. The monoisotopic (exact) mass is 306 g/mol. The van der Waals surface area contributed by atoms with Crippen molar-refractivity contribution >= 4 is 27.7 Å². The highest BCUT2D eigenvalue weighted by atomic mass is 79.9. The maximum Gasteiger partial charge on any atom is 0.236 e. The lowest BCUT2D eigenvalue weighted by Crippen LogP contribution is -2.53. The molecule has 0 spiro atoms. The fourth-order valence-electron chi connectivity index (χ4n) is 1.62. The van der Waals surface area contributed by atoms with Crippen molar-refractivity contribution < 1.29 is 14.7 Å². The Balaban J connectivity index is 0.000000686. The van der Waals surface area contributed by atoms with Crippen molar-refractivity contribution in [2.24, 2.45) is 5.92 Å². The summed E-state index contributed by atoms with van der Waals surface area (Å²) in [5.74, 6) is -1.74. The van der Waals surface area contributed by atoms with Gasteiger partial charge in [-0.15, -0.1) is 0 Å². The molecule has 2 unspecified atom stereocenters. The quantitative estimate of drug-likeness (QED) is 0.395. The predicted molar refractivity (Wildman–Crippen MR) is 67.5 cm³/mol. The van der Waals surface area contributed by atoms with Crippen LogP contribution in [0.1, 0.15) is 33.1 Å². The summed E-state index contributed by atoms with van der Waals surface area (Å²) in [7, 11) is 0. The van der Waals surface area contributed by atoms with Crippen molar-refractivity contribution in [1.29, 1.82) is 0 Å². The Morgan fingerprint density at radius 3 is 2.59 bits per heavy atom. The van der Waals surface area contributed by atoms with E-state index in [0.29, 0.717) is 13.0 Å². The van der Waals surface area contributed by atoms with E-state index in [-0.39, 0.29) is 10.4 Å². The zero-order valence-electron chi connectivity index (χ0n) is 10.1. The summed E-state index contributed by atoms with van der Waals surface area (Å²) in [6.45, 7) is 4.43. The van der Waals surface area contributed by atoms with Crippen LogP contribution >= 0.6 is 15.9 Å². The number of halogens is 1. The van der Waals surface area contributed by atoms with Crippen LogP contribution in [0.3, 0.4) is 0 Å². The predicted octanol–water partition coefficient (Wildman–Crippen LogP) is 0.511. The topological polar surface area (TPSA) is 78.4 Å². The Morgan fingerprint density at radius 1 is 1.53 bits per heavy atom. The van der Waals surface area contributed by atoms with Gasteiger partial charge in [-0.05, 0) is 19.3 Å². The second-order valence-corrected chi connectivity index (χ2v) is 5.60. The molecule has 0 radical (unpaired) electrons. The minimum absolute atomic E-state index is 0.332. The maximum absolute atomic E-state index is 11.7. The number of carbonyl (C=O) groups is 2. The number of hydrogen-bond acceptors (Lipinski definition) is 3. The molecule has 5 nitrogen and oxygen atoms in total. The van der Waals surface area contributed by atoms with E-state index in [1.54, 1.807) is 0 Å². The van der Waals surface area contributed by atoms with E-state index in [1.165, 1.54) is 0 Å². The van der Waals surface area contributed by atoms with E-state index < -0.39 is 17.9 Å². The summed E-state index contributed by atoms with van der Waals surface area (Å²) < 4.78 is -0.332. The molecule has 1 aliphatic heterocycles. The standard InChI is InChI=1S/C9H13BrN2O3.C2H6/c10-9(2-3-9)12-8(15)6-5(13)1-4-11-7(6)14;1-2/h5-6,13H,1-4H2,(H,11,14)(H,12,15);1-2H3. The van der Waals surface area contributed by atoms with Crippen LogP contribution in [0, 0.1) is 5.92 Å². The van der Waals surface area contributed by atoms with E-state index in [0.717, 1.165) is 12.8 Å². The fraction of sp³-hybridized carbons (Fsp3) is 0.818. The highest BCUT2D eigenvalue weighted by Crippen LogP contribution is 2.41. The summed E-state index contributed by atoms with van der Waals surface area (Å²) in [6, 6.07) is 0. The van der Waals surface area contributed by atoms with E-state index in [9.17, 15) is 14.7 Å². The molecule has 2 rings (SSSR count). The lowest BCUT2D eigenvalue weighted by molar-refractivity contribution is -0.142. The first kappa shape index (κ1) is 14.4. The smallest absolute Gasteiger partial charge is 0.236 e. The molecule has 2 fully saturated rings. The second-order valence-electron chi connectivity index (χ2n) is 4.08. The van der Waals surface area contributed by atoms with Gasteiger partial charge in [0.2, 0.25) is 11.8 Å². The molecule has 2 amide bonds. The van der Waals surface area contributed by atoms with Crippen LogP contribution in [0.15, 0.2) is 0 Å². The largest absolute Gasteiger partial charge is 0.392 e. The van der Waals surface area contributed by atoms with Crippen molar-refractivity contribution in [3.8, 4) is 0 Å². The van der Waals surface area contributed by atoms with Gasteiger partial charge in [-0.1, -0.05) is 29.8 Å². The Labute approximate surface area is 109 Å². The zero-order valence-corrected chi connectivity index (χ0v) is 11.7. The number of piperidine rings is 1. The van der Waals surface area contributed by atoms with Crippen LogP contribution in [0.25, 0.3) is 0 Å².